The van der Waals surface area contributed by atoms with Crippen LogP contribution in [0, 0.1) is 6.92 Å². The lowest BCUT2D eigenvalue weighted by Crippen LogP contribution is -2.45. The van der Waals surface area contributed by atoms with E-state index in [1.54, 1.807) is 11.3 Å². The Kier molecular flexibility index (Phi) is 6.15. The Bertz CT molecular complexity index is 730. The molecule has 1 aliphatic heterocycles. The first-order valence-corrected chi connectivity index (χ1v) is 9.72. The van der Waals surface area contributed by atoms with Gasteiger partial charge >= 0.3 is 0 Å². The third-order valence-corrected chi connectivity index (χ3v) is 5.43. The van der Waals surface area contributed by atoms with Crippen molar-refractivity contribution < 1.29 is 0 Å². The molecule has 0 radical (unpaired) electrons. The summed E-state index contributed by atoms with van der Waals surface area (Å²) in [4.78, 5) is 12.3. The van der Waals surface area contributed by atoms with Gasteiger partial charge in [0.2, 0.25) is 0 Å². The van der Waals surface area contributed by atoms with E-state index in [2.05, 4.69) is 38.5 Å². The van der Waals surface area contributed by atoms with Crippen molar-refractivity contribution in [2.45, 2.75) is 25.8 Å². The maximum Gasteiger partial charge on any atom is 0.191 e. The standard InChI is InChI=1S/C18H24ClN5S/c1-13-11-22-17(25-13)6-8-21-18(20-2)23-15-7-9-24(12-15)16-5-3-4-14(19)10-16/h3-5,10-11,15H,6-9,12H2,1-2H3,(H2,20,21,23). The van der Waals surface area contributed by atoms with Crippen molar-refractivity contribution in [1.29, 1.82) is 0 Å². The van der Waals surface area contributed by atoms with Crippen molar-refractivity contribution in [3.63, 3.8) is 0 Å². The molecule has 25 heavy (non-hydrogen) atoms. The number of nitrogens with one attached hydrogen (secondary N) is 2. The van der Waals surface area contributed by atoms with E-state index < -0.39 is 0 Å². The summed E-state index contributed by atoms with van der Waals surface area (Å²) in [6.45, 7) is 4.89. The van der Waals surface area contributed by atoms with E-state index in [0.717, 1.165) is 48.5 Å². The lowest BCUT2D eigenvalue weighted by Gasteiger charge is -2.20. The number of benzene rings is 1. The molecule has 1 aromatic heterocycles. The smallest absolute Gasteiger partial charge is 0.191 e. The molecule has 2 aromatic rings. The van der Waals surface area contributed by atoms with Crippen molar-refractivity contribution in [3.05, 3.63) is 45.4 Å². The number of thiazole rings is 1. The monoisotopic (exact) mass is 377 g/mol. The Morgan fingerprint density at radius 3 is 3.08 bits per heavy atom. The van der Waals surface area contributed by atoms with Crippen molar-refractivity contribution >= 4 is 34.6 Å². The fourth-order valence-corrected chi connectivity index (χ4v) is 3.95. The lowest BCUT2D eigenvalue weighted by molar-refractivity contribution is 0.648. The number of rotatable bonds is 5. The van der Waals surface area contributed by atoms with Crippen molar-refractivity contribution in [3.8, 4) is 0 Å². The highest BCUT2D eigenvalue weighted by molar-refractivity contribution is 7.11. The van der Waals surface area contributed by atoms with Gasteiger partial charge < -0.3 is 15.5 Å². The van der Waals surface area contributed by atoms with Crippen LogP contribution in [0.15, 0.2) is 35.5 Å². The van der Waals surface area contributed by atoms with Crippen molar-refractivity contribution in [2.75, 3.05) is 31.6 Å². The van der Waals surface area contributed by atoms with Crippen LogP contribution in [0.2, 0.25) is 5.02 Å². The number of aryl methyl sites for hydroxylation is 1. The maximum atomic E-state index is 6.10. The fourth-order valence-electron chi connectivity index (χ4n) is 2.98. The first kappa shape index (κ1) is 18.0. The number of anilines is 1. The molecular formula is C18H24ClN5S. The third-order valence-electron chi connectivity index (χ3n) is 4.23. The molecule has 0 saturated carbocycles. The van der Waals surface area contributed by atoms with Gasteiger partial charge in [0, 0.05) is 60.9 Å². The van der Waals surface area contributed by atoms with E-state index in [9.17, 15) is 0 Å². The highest BCUT2D eigenvalue weighted by Gasteiger charge is 2.23. The molecule has 5 nitrogen and oxygen atoms in total. The topological polar surface area (TPSA) is 52.6 Å². The minimum Gasteiger partial charge on any atom is -0.369 e. The summed E-state index contributed by atoms with van der Waals surface area (Å²) in [5.41, 5.74) is 1.18. The van der Waals surface area contributed by atoms with E-state index >= 15 is 0 Å². The predicted octanol–water partition coefficient (Wildman–Crippen LogP) is 3.09. The fraction of sp³-hybridized carbons (Fsp3) is 0.444. The second-order valence-electron chi connectivity index (χ2n) is 6.17. The molecule has 1 atom stereocenters. The van der Waals surface area contributed by atoms with Crippen LogP contribution in [0.25, 0.3) is 0 Å². The largest absolute Gasteiger partial charge is 0.369 e. The molecule has 134 valence electrons. The molecule has 1 fully saturated rings. The first-order valence-electron chi connectivity index (χ1n) is 8.53. The van der Waals surface area contributed by atoms with Gasteiger partial charge in [-0.3, -0.25) is 4.99 Å². The molecule has 0 aliphatic carbocycles. The van der Waals surface area contributed by atoms with Gasteiger partial charge in [-0.15, -0.1) is 11.3 Å². The zero-order valence-electron chi connectivity index (χ0n) is 14.6. The SMILES string of the molecule is CN=C(NCCc1ncc(C)s1)NC1CCN(c2cccc(Cl)c2)C1. The van der Waals surface area contributed by atoms with Gasteiger partial charge in [-0.05, 0) is 31.5 Å². The molecule has 0 amide bonds. The van der Waals surface area contributed by atoms with Crippen LogP contribution in [0.3, 0.4) is 0 Å². The van der Waals surface area contributed by atoms with E-state index in [4.69, 9.17) is 11.6 Å². The number of nitrogens with zero attached hydrogens (tertiary/aromatic N) is 3. The van der Waals surface area contributed by atoms with Crippen molar-refractivity contribution in [1.82, 2.24) is 15.6 Å². The number of hydrogen-bond acceptors (Lipinski definition) is 4. The average molecular weight is 378 g/mol. The van der Waals surface area contributed by atoms with Crippen LogP contribution in [0.1, 0.15) is 16.3 Å². The molecule has 2 N–H and O–H groups in total. The molecule has 1 saturated heterocycles. The normalized spacial score (nSPS) is 17.8. The summed E-state index contributed by atoms with van der Waals surface area (Å²) in [5, 5.41) is 8.84. The van der Waals surface area contributed by atoms with E-state index in [-0.39, 0.29) is 0 Å². The Morgan fingerprint density at radius 1 is 1.48 bits per heavy atom. The zero-order valence-corrected chi connectivity index (χ0v) is 16.2. The Morgan fingerprint density at radius 2 is 2.36 bits per heavy atom. The van der Waals surface area contributed by atoms with Gasteiger partial charge in [0.25, 0.3) is 0 Å². The summed E-state index contributed by atoms with van der Waals surface area (Å²) in [5.74, 6) is 0.853. The Hall–Kier alpha value is -1.79. The van der Waals surface area contributed by atoms with Crippen LogP contribution < -0.4 is 15.5 Å². The molecule has 2 heterocycles. The number of aliphatic imine (C=N–C) groups is 1. The molecule has 1 unspecified atom stereocenters. The molecule has 7 heteroatoms. The van der Waals surface area contributed by atoms with Crippen LogP contribution in [0.5, 0.6) is 0 Å². The second-order valence-corrected chi connectivity index (χ2v) is 7.93. The summed E-state index contributed by atoms with van der Waals surface area (Å²) < 4.78 is 0. The van der Waals surface area contributed by atoms with Gasteiger partial charge in [-0.25, -0.2) is 4.98 Å². The number of halogens is 1. The van der Waals surface area contributed by atoms with Crippen molar-refractivity contribution in [2.24, 2.45) is 4.99 Å². The summed E-state index contributed by atoms with van der Waals surface area (Å²) in [6.07, 6.45) is 3.92. The number of hydrogen-bond donors (Lipinski definition) is 2. The molecular weight excluding hydrogens is 354 g/mol. The first-order chi connectivity index (χ1) is 12.1. The maximum absolute atomic E-state index is 6.10. The highest BCUT2D eigenvalue weighted by atomic mass is 35.5. The lowest BCUT2D eigenvalue weighted by atomic mass is 10.2. The van der Waals surface area contributed by atoms with Gasteiger partial charge in [-0.2, -0.15) is 0 Å². The summed E-state index contributed by atoms with van der Waals surface area (Å²) >= 11 is 7.85. The van der Waals surface area contributed by atoms with Gasteiger partial charge in [0.05, 0.1) is 5.01 Å². The molecule has 3 rings (SSSR count). The third kappa shape index (κ3) is 5.09. The Labute approximate surface area is 158 Å². The Balaban J connectivity index is 1.46. The van der Waals surface area contributed by atoms with Gasteiger partial charge in [-0.1, -0.05) is 17.7 Å². The van der Waals surface area contributed by atoms with E-state index in [0.29, 0.717) is 6.04 Å². The molecule has 1 aliphatic rings. The minimum absolute atomic E-state index is 0.382. The molecule has 0 spiro atoms. The molecule has 1 aromatic carbocycles. The highest BCUT2D eigenvalue weighted by Crippen LogP contribution is 2.23. The number of aromatic nitrogens is 1. The minimum atomic E-state index is 0.382. The number of guanidine groups is 1. The second kappa shape index (κ2) is 8.54. The van der Waals surface area contributed by atoms with Crippen LogP contribution in [-0.4, -0.2) is 43.7 Å². The van der Waals surface area contributed by atoms with E-state index in [1.807, 2.05) is 31.4 Å². The van der Waals surface area contributed by atoms with Crippen LogP contribution in [-0.2, 0) is 6.42 Å². The molecule has 0 bridgehead atoms. The van der Waals surface area contributed by atoms with Gasteiger partial charge in [0.1, 0.15) is 0 Å². The predicted molar refractivity (Wildman–Crippen MR) is 107 cm³/mol. The van der Waals surface area contributed by atoms with Gasteiger partial charge in [0.15, 0.2) is 5.96 Å². The summed E-state index contributed by atoms with van der Waals surface area (Å²) in [7, 11) is 1.81. The average Bonchev–Trinajstić information content (AvgIpc) is 3.23. The van der Waals surface area contributed by atoms with Crippen LogP contribution >= 0.6 is 22.9 Å². The van der Waals surface area contributed by atoms with Crippen LogP contribution in [0.4, 0.5) is 5.69 Å². The quantitative estimate of drug-likeness (QED) is 0.621. The zero-order chi connectivity index (χ0) is 17.6. The summed E-state index contributed by atoms with van der Waals surface area (Å²) in [6, 6.07) is 8.42. The van der Waals surface area contributed by atoms with E-state index in [1.165, 1.54) is 10.6 Å².